The van der Waals surface area contributed by atoms with E-state index in [1.54, 1.807) is 0 Å². The number of anilines is 1. The average Bonchev–Trinajstić information content (AvgIpc) is 2.75. The third-order valence-electron chi connectivity index (χ3n) is 2.40. The molecule has 0 radical (unpaired) electrons. The fourth-order valence-electron chi connectivity index (χ4n) is 1.59. The van der Waals surface area contributed by atoms with E-state index in [9.17, 15) is 17.2 Å². The molecule has 20 heavy (non-hydrogen) atoms. The van der Waals surface area contributed by atoms with Crippen LogP contribution in [-0.4, -0.2) is 29.9 Å². The van der Waals surface area contributed by atoms with Crippen LogP contribution in [0, 0.1) is 11.6 Å². The summed E-state index contributed by atoms with van der Waals surface area (Å²) in [6.45, 7) is 0.00555. The number of nitrogens with zero attached hydrogens (tertiary/aromatic N) is 2. The van der Waals surface area contributed by atoms with E-state index in [1.165, 1.54) is 17.1 Å². The Morgan fingerprint density at radius 1 is 1.30 bits per heavy atom. The summed E-state index contributed by atoms with van der Waals surface area (Å²) in [4.78, 5) is -1.05. The lowest BCUT2D eigenvalue weighted by molar-refractivity contribution is 0.269. The van der Waals surface area contributed by atoms with Gasteiger partial charge in [-0.2, -0.15) is 5.10 Å². The molecule has 0 aliphatic rings. The molecule has 108 valence electrons. The highest BCUT2D eigenvalue weighted by atomic mass is 32.2. The molecule has 1 aromatic heterocycles. The molecular weight excluding hydrogens is 292 g/mol. The maximum absolute atomic E-state index is 13.5. The van der Waals surface area contributed by atoms with Crippen molar-refractivity contribution in [1.82, 2.24) is 9.78 Å². The maximum atomic E-state index is 13.5. The SMILES string of the molecule is O=S(=O)(Nc1cnn(CCO)c1)c1c(F)cccc1F. The monoisotopic (exact) mass is 303 g/mol. The lowest BCUT2D eigenvalue weighted by atomic mass is 10.3. The Morgan fingerprint density at radius 3 is 2.55 bits per heavy atom. The van der Waals surface area contributed by atoms with Gasteiger partial charge in [0.2, 0.25) is 0 Å². The van der Waals surface area contributed by atoms with E-state index in [0.29, 0.717) is 0 Å². The van der Waals surface area contributed by atoms with Gasteiger partial charge in [0.1, 0.15) is 11.6 Å². The van der Waals surface area contributed by atoms with Gasteiger partial charge >= 0.3 is 0 Å². The highest BCUT2D eigenvalue weighted by Gasteiger charge is 2.24. The first kappa shape index (κ1) is 14.4. The summed E-state index contributed by atoms with van der Waals surface area (Å²) in [5, 5.41) is 12.5. The van der Waals surface area contributed by atoms with Crippen LogP contribution in [0.3, 0.4) is 0 Å². The Hall–Kier alpha value is -2.00. The van der Waals surface area contributed by atoms with Gasteiger partial charge in [-0.1, -0.05) is 6.07 Å². The van der Waals surface area contributed by atoms with Gasteiger partial charge in [0.05, 0.1) is 25.0 Å². The molecule has 2 rings (SSSR count). The molecule has 1 heterocycles. The van der Waals surface area contributed by atoms with Crippen molar-refractivity contribution < 1.29 is 22.3 Å². The van der Waals surface area contributed by atoms with Crippen molar-refractivity contribution in [3.05, 3.63) is 42.2 Å². The van der Waals surface area contributed by atoms with Crippen LogP contribution in [0.1, 0.15) is 0 Å². The Morgan fingerprint density at radius 2 is 1.95 bits per heavy atom. The second-order valence-electron chi connectivity index (χ2n) is 3.87. The van der Waals surface area contributed by atoms with Crippen LogP contribution in [0.4, 0.5) is 14.5 Å². The first-order valence-electron chi connectivity index (χ1n) is 5.54. The number of benzene rings is 1. The third-order valence-corrected chi connectivity index (χ3v) is 3.83. The number of nitrogens with one attached hydrogen (secondary N) is 1. The minimum Gasteiger partial charge on any atom is -0.394 e. The standard InChI is InChI=1S/C11H11F2N3O3S/c12-9-2-1-3-10(13)11(9)20(18,19)15-8-6-14-16(7-8)4-5-17/h1-3,6-7,15,17H,4-5H2. The third kappa shape index (κ3) is 2.94. The summed E-state index contributed by atoms with van der Waals surface area (Å²) in [6.07, 6.45) is 2.47. The minimum absolute atomic E-state index is 0.0427. The smallest absolute Gasteiger partial charge is 0.267 e. The lowest BCUT2D eigenvalue weighted by Crippen LogP contribution is -2.16. The van der Waals surface area contributed by atoms with Crippen LogP contribution < -0.4 is 4.72 Å². The van der Waals surface area contributed by atoms with Crippen molar-refractivity contribution in [2.75, 3.05) is 11.3 Å². The van der Waals surface area contributed by atoms with Gasteiger partial charge in [0.15, 0.2) is 4.90 Å². The van der Waals surface area contributed by atoms with E-state index in [0.717, 1.165) is 18.2 Å². The summed E-state index contributed by atoms with van der Waals surface area (Å²) in [7, 11) is -4.39. The molecule has 2 N–H and O–H groups in total. The van der Waals surface area contributed by atoms with Gasteiger partial charge < -0.3 is 5.11 Å². The zero-order chi connectivity index (χ0) is 14.8. The second kappa shape index (κ2) is 5.55. The largest absolute Gasteiger partial charge is 0.394 e. The predicted octanol–water partition coefficient (Wildman–Crippen LogP) is 0.954. The molecule has 0 unspecified atom stereocenters. The molecule has 0 amide bonds. The normalized spacial score (nSPS) is 11.6. The number of aliphatic hydroxyl groups is 1. The zero-order valence-corrected chi connectivity index (χ0v) is 10.9. The molecule has 6 nitrogen and oxygen atoms in total. The Labute approximate surface area is 113 Å². The lowest BCUT2D eigenvalue weighted by Gasteiger charge is -2.07. The summed E-state index contributed by atoms with van der Waals surface area (Å²) >= 11 is 0. The van der Waals surface area contributed by atoms with Crippen molar-refractivity contribution in [2.24, 2.45) is 0 Å². The van der Waals surface area contributed by atoms with E-state index < -0.39 is 26.6 Å². The minimum atomic E-state index is -4.39. The fraction of sp³-hybridized carbons (Fsp3) is 0.182. The Kier molecular flexibility index (Phi) is 4.00. The van der Waals surface area contributed by atoms with Crippen LogP contribution in [0.5, 0.6) is 0 Å². The number of aromatic nitrogens is 2. The molecule has 0 aliphatic carbocycles. The number of aliphatic hydroxyl groups excluding tert-OH is 1. The molecule has 0 spiro atoms. The van der Waals surface area contributed by atoms with E-state index in [2.05, 4.69) is 5.10 Å². The van der Waals surface area contributed by atoms with Crippen LogP contribution in [0.2, 0.25) is 0 Å². The second-order valence-corrected chi connectivity index (χ2v) is 5.49. The number of sulfonamides is 1. The molecule has 0 saturated carbocycles. The summed E-state index contributed by atoms with van der Waals surface area (Å²) in [5.74, 6) is -2.36. The van der Waals surface area contributed by atoms with Crippen molar-refractivity contribution in [3.8, 4) is 0 Å². The number of hydrogen-bond donors (Lipinski definition) is 2. The highest BCUT2D eigenvalue weighted by Crippen LogP contribution is 2.21. The van der Waals surface area contributed by atoms with Gasteiger partial charge in [0.25, 0.3) is 10.0 Å². The first-order chi connectivity index (χ1) is 9.44. The van der Waals surface area contributed by atoms with Gasteiger partial charge in [-0.15, -0.1) is 0 Å². The van der Waals surface area contributed by atoms with Crippen LogP contribution in [0.15, 0.2) is 35.5 Å². The van der Waals surface area contributed by atoms with Crippen molar-refractivity contribution >= 4 is 15.7 Å². The molecule has 0 atom stereocenters. The molecule has 1 aromatic carbocycles. The molecule has 0 aliphatic heterocycles. The van der Waals surface area contributed by atoms with Crippen molar-refractivity contribution in [1.29, 1.82) is 0 Å². The predicted molar refractivity (Wildman–Crippen MR) is 66.5 cm³/mol. The number of rotatable bonds is 5. The number of halogens is 2. The molecule has 0 saturated heterocycles. The molecule has 0 bridgehead atoms. The first-order valence-corrected chi connectivity index (χ1v) is 7.02. The van der Waals surface area contributed by atoms with Gasteiger partial charge in [0, 0.05) is 6.20 Å². The van der Waals surface area contributed by atoms with Gasteiger partial charge in [-0.25, -0.2) is 17.2 Å². The molecular formula is C11H11F2N3O3S. The Bertz CT molecular complexity index is 695. The van der Waals surface area contributed by atoms with E-state index in [1.807, 2.05) is 4.72 Å². The van der Waals surface area contributed by atoms with Crippen LogP contribution in [-0.2, 0) is 16.6 Å². The quantitative estimate of drug-likeness (QED) is 0.861. The van der Waals surface area contributed by atoms with Crippen LogP contribution >= 0.6 is 0 Å². The zero-order valence-electron chi connectivity index (χ0n) is 10.1. The van der Waals surface area contributed by atoms with Crippen molar-refractivity contribution in [2.45, 2.75) is 11.4 Å². The van der Waals surface area contributed by atoms with E-state index in [4.69, 9.17) is 5.11 Å². The van der Waals surface area contributed by atoms with Gasteiger partial charge in [-0.05, 0) is 12.1 Å². The Balaban J connectivity index is 2.31. The van der Waals surface area contributed by atoms with Crippen molar-refractivity contribution in [3.63, 3.8) is 0 Å². The summed E-state index contributed by atoms with van der Waals surface area (Å²) < 4.78 is 54.1. The summed E-state index contributed by atoms with van der Waals surface area (Å²) in [6, 6.07) is 2.78. The topological polar surface area (TPSA) is 84.2 Å². The van der Waals surface area contributed by atoms with E-state index in [-0.39, 0.29) is 18.8 Å². The van der Waals surface area contributed by atoms with Gasteiger partial charge in [-0.3, -0.25) is 9.40 Å². The van der Waals surface area contributed by atoms with E-state index >= 15 is 0 Å². The molecule has 0 fully saturated rings. The number of hydrogen-bond acceptors (Lipinski definition) is 4. The average molecular weight is 303 g/mol. The summed E-state index contributed by atoms with van der Waals surface area (Å²) in [5.41, 5.74) is 0.0427. The molecule has 9 heteroatoms. The fourth-order valence-corrected chi connectivity index (χ4v) is 2.75. The molecule has 2 aromatic rings. The van der Waals surface area contributed by atoms with Crippen LogP contribution in [0.25, 0.3) is 0 Å². The maximum Gasteiger partial charge on any atom is 0.267 e. The highest BCUT2D eigenvalue weighted by molar-refractivity contribution is 7.92.